The smallest absolute Gasteiger partial charge is 0.319 e. The number of anilines is 1. The molecular weight excluding hydrogens is 369 g/mol. The third-order valence-corrected chi connectivity index (χ3v) is 5.20. The van der Waals surface area contributed by atoms with Gasteiger partial charge in [0, 0.05) is 24.7 Å². The number of carbonyl (C=O) groups excluding carboxylic acids is 2. The Hall–Kier alpha value is -2.23. The van der Waals surface area contributed by atoms with E-state index in [1.807, 2.05) is 0 Å². The van der Waals surface area contributed by atoms with Crippen LogP contribution in [0.4, 0.5) is 14.9 Å². The highest BCUT2D eigenvalue weighted by molar-refractivity contribution is 5.89. The first-order valence-corrected chi connectivity index (χ1v) is 9.56. The molecule has 2 heterocycles. The van der Waals surface area contributed by atoms with Gasteiger partial charge in [-0.3, -0.25) is 4.79 Å². The maximum Gasteiger partial charge on any atom is 0.319 e. The van der Waals surface area contributed by atoms with Crippen LogP contribution in [0, 0.1) is 5.82 Å². The fourth-order valence-corrected chi connectivity index (χ4v) is 3.63. The molecule has 3 aliphatic rings. The van der Waals surface area contributed by atoms with Gasteiger partial charge in [0.2, 0.25) is 5.91 Å². The Labute approximate surface area is 161 Å². The first-order valence-electron chi connectivity index (χ1n) is 9.56. The predicted molar refractivity (Wildman–Crippen MR) is 97.1 cm³/mol. The SMILES string of the molecule is O=C(C[C@@H]1C[C@H]2O[C@H](CNC(=O)Nc3ccc(F)cc3)[C@@H](O)[C@H]2O1)NC1CC1. The van der Waals surface area contributed by atoms with Crippen molar-refractivity contribution < 1.29 is 28.6 Å². The molecule has 1 aromatic carbocycles. The number of rotatable bonds is 6. The number of halogens is 1. The zero-order valence-corrected chi connectivity index (χ0v) is 15.3. The summed E-state index contributed by atoms with van der Waals surface area (Å²) in [5, 5.41) is 18.6. The Bertz CT molecular complexity index is 727. The molecule has 4 N–H and O–H groups in total. The van der Waals surface area contributed by atoms with E-state index < -0.39 is 24.3 Å². The summed E-state index contributed by atoms with van der Waals surface area (Å²) in [5.41, 5.74) is 0.458. The van der Waals surface area contributed by atoms with Gasteiger partial charge in [0.05, 0.1) is 18.6 Å². The molecule has 9 heteroatoms. The number of urea groups is 1. The Morgan fingerprint density at radius 3 is 2.61 bits per heavy atom. The largest absolute Gasteiger partial charge is 0.388 e. The summed E-state index contributed by atoms with van der Waals surface area (Å²) in [7, 11) is 0. The number of hydrogen-bond donors (Lipinski definition) is 4. The Morgan fingerprint density at radius 2 is 1.93 bits per heavy atom. The van der Waals surface area contributed by atoms with E-state index in [-0.39, 0.29) is 36.9 Å². The lowest BCUT2D eigenvalue weighted by atomic mass is 10.1. The molecule has 0 spiro atoms. The quantitative estimate of drug-likeness (QED) is 0.574. The van der Waals surface area contributed by atoms with E-state index in [1.54, 1.807) is 0 Å². The van der Waals surface area contributed by atoms with Gasteiger partial charge in [-0.05, 0) is 37.1 Å². The molecule has 3 fully saturated rings. The van der Waals surface area contributed by atoms with E-state index in [0.29, 0.717) is 18.2 Å². The van der Waals surface area contributed by atoms with Crippen molar-refractivity contribution in [1.82, 2.24) is 10.6 Å². The van der Waals surface area contributed by atoms with Crippen molar-refractivity contribution >= 4 is 17.6 Å². The number of carbonyl (C=O) groups is 2. The molecule has 1 aliphatic carbocycles. The van der Waals surface area contributed by atoms with Gasteiger partial charge >= 0.3 is 6.03 Å². The van der Waals surface area contributed by atoms with E-state index in [4.69, 9.17) is 9.47 Å². The van der Waals surface area contributed by atoms with Crippen molar-refractivity contribution in [1.29, 1.82) is 0 Å². The predicted octanol–water partition coefficient (Wildman–Crippen LogP) is 0.902. The lowest BCUT2D eigenvalue weighted by molar-refractivity contribution is -0.124. The summed E-state index contributed by atoms with van der Waals surface area (Å²) in [6, 6.07) is 5.24. The zero-order chi connectivity index (χ0) is 19.7. The summed E-state index contributed by atoms with van der Waals surface area (Å²) in [4.78, 5) is 23.8. The number of hydrogen-bond acceptors (Lipinski definition) is 5. The van der Waals surface area contributed by atoms with Crippen LogP contribution in [0.2, 0.25) is 0 Å². The molecule has 28 heavy (non-hydrogen) atoms. The average molecular weight is 393 g/mol. The third-order valence-electron chi connectivity index (χ3n) is 5.20. The molecule has 0 bridgehead atoms. The van der Waals surface area contributed by atoms with E-state index in [9.17, 15) is 19.1 Å². The molecule has 4 rings (SSSR count). The number of fused-ring (bicyclic) bond motifs is 1. The van der Waals surface area contributed by atoms with Crippen molar-refractivity contribution in [2.75, 3.05) is 11.9 Å². The van der Waals surface area contributed by atoms with Crippen LogP contribution < -0.4 is 16.0 Å². The van der Waals surface area contributed by atoms with Gasteiger partial charge in [-0.15, -0.1) is 0 Å². The second-order valence-electron chi connectivity index (χ2n) is 7.55. The summed E-state index contributed by atoms with van der Waals surface area (Å²) in [6.45, 7) is 0.109. The van der Waals surface area contributed by atoms with Crippen LogP contribution in [0.3, 0.4) is 0 Å². The molecule has 2 saturated heterocycles. The van der Waals surface area contributed by atoms with Gasteiger partial charge in [0.25, 0.3) is 0 Å². The first-order chi connectivity index (χ1) is 13.5. The lowest BCUT2D eigenvalue weighted by Crippen LogP contribution is -2.42. The van der Waals surface area contributed by atoms with Crippen molar-refractivity contribution in [2.45, 2.75) is 62.2 Å². The van der Waals surface area contributed by atoms with Crippen LogP contribution in [-0.2, 0) is 14.3 Å². The van der Waals surface area contributed by atoms with Crippen LogP contribution in [0.1, 0.15) is 25.7 Å². The van der Waals surface area contributed by atoms with Gasteiger partial charge in [-0.2, -0.15) is 0 Å². The summed E-state index contributed by atoms with van der Waals surface area (Å²) in [5.74, 6) is -0.416. The molecule has 3 amide bonds. The van der Waals surface area contributed by atoms with Crippen LogP contribution >= 0.6 is 0 Å². The minimum absolute atomic E-state index is 0.0300. The van der Waals surface area contributed by atoms with E-state index in [2.05, 4.69) is 16.0 Å². The fraction of sp³-hybridized carbons (Fsp3) is 0.579. The molecule has 152 valence electrons. The maximum absolute atomic E-state index is 12.9. The zero-order valence-electron chi connectivity index (χ0n) is 15.3. The second kappa shape index (κ2) is 8.02. The second-order valence-corrected chi connectivity index (χ2v) is 7.55. The summed E-state index contributed by atoms with van der Waals surface area (Å²) >= 11 is 0. The van der Waals surface area contributed by atoms with Crippen LogP contribution in [-0.4, -0.2) is 60.2 Å². The van der Waals surface area contributed by atoms with E-state index in [1.165, 1.54) is 24.3 Å². The monoisotopic (exact) mass is 393 g/mol. The van der Waals surface area contributed by atoms with E-state index >= 15 is 0 Å². The first kappa shape index (κ1) is 19.1. The van der Waals surface area contributed by atoms with Crippen molar-refractivity contribution in [2.24, 2.45) is 0 Å². The highest BCUT2D eigenvalue weighted by atomic mass is 19.1. The number of ether oxygens (including phenoxy) is 2. The van der Waals surface area contributed by atoms with E-state index in [0.717, 1.165) is 12.8 Å². The minimum atomic E-state index is -0.882. The number of aliphatic hydroxyl groups excluding tert-OH is 1. The third kappa shape index (κ3) is 4.60. The van der Waals surface area contributed by atoms with Crippen LogP contribution in [0.5, 0.6) is 0 Å². The number of nitrogens with one attached hydrogen (secondary N) is 3. The molecule has 0 unspecified atom stereocenters. The van der Waals surface area contributed by atoms with Crippen LogP contribution in [0.15, 0.2) is 24.3 Å². The Kier molecular flexibility index (Phi) is 5.47. The van der Waals surface area contributed by atoms with Gasteiger partial charge in [0.15, 0.2) is 0 Å². The summed E-state index contributed by atoms with van der Waals surface area (Å²) < 4.78 is 24.5. The number of aliphatic hydroxyl groups is 1. The molecule has 5 atom stereocenters. The molecule has 0 radical (unpaired) electrons. The normalized spacial score (nSPS) is 31.3. The summed E-state index contributed by atoms with van der Waals surface area (Å²) in [6.07, 6.45) is 0.357. The minimum Gasteiger partial charge on any atom is -0.388 e. The fourth-order valence-electron chi connectivity index (χ4n) is 3.63. The lowest BCUT2D eigenvalue weighted by Gasteiger charge is -2.20. The average Bonchev–Trinajstić information content (AvgIpc) is 3.30. The standard InChI is InChI=1S/C19H24FN3O5/c20-10-1-3-12(4-2-10)23-19(26)21-9-15-17(25)18-14(28-15)7-13(27-18)8-16(24)22-11-5-6-11/h1-4,11,13-15,17-18,25H,5-9H2,(H,22,24)(H2,21,23,26)/t13-,14+,15+,17+,18-/m0/s1. The van der Waals surface area contributed by atoms with Crippen molar-refractivity contribution in [3.8, 4) is 0 Å². The van der Waals surface area contributed by atoms with Crippen molar-refractivity contribution in [3.05, 3.63) is 30.1 Å². The highest BCUT2D eigenvalue weighted by Gasteiger charge is 2.50. The molecular formula is C19H24FN3O5. The van der Waals surface area contributed by atoms with Gasteiger partial charge < -0.3 is 30.5 Å². The van der Waals surface area contributed by atoms with Gasteiger partial charge in [-0.25, -0.2) is 9.18 Å². The Morgan fingerprint density at radius 1 is 1.18 bits per heavy atom. The molecule has 1 saturated carbocycles. The molecule has 1 aromatic rings. The van der Waals surface area contributed by atoms with Crippen LogP contribution in [0.25, 0.3) is 0 Å². The highest BCUT2D eigenvalue weighted by Crippen LogP contribution is 2.35. The molecule has 0 aromatic heterocycles. The van der Waals surface area contributed by atoms with Gasteiger partial charge in [0.1, 0.15) is 24.1 Å². The Balaban J connectivity index is 1.20. The number of amides is 3. The van der Waals surface area contributed by atoms with Crippen molar-refractivity contribution in [3.63, 3.8) is 0 Å². The van der Waals surface area contributed by atoms with Gasteiger partial charge in [-0.1, -0.05) is 0 Å². The molecule has 8 nitrogen and oxygen atoms in total. The maximum atomic E-state index is 12.9. The topological polar surface area (TPSA) is 109 Å². The molecule has 2 aliphatic heterocycles. The number of benzene rings is 1.